The van der Waals surface area contributed by atoms with Gasteiger partial charge in [0.2, 0.25) is 5.91 Å². The highest BCUT2D eigenvalue weighted by molar-refractivity contribution is 6.42. The van der Waals surface area contributed by atoms with Crippen LogP contribution in [0.15, 0.2) is 76.6 Å². The highest BCUT2D eigenvalue weighted by atomic mass is 35.5. The lowest BCUT2D eigenvalue weighted by atomic mass is 9.91. The van der Waals surface area contributed by atoms with E-state index in [4.69, 9.17) is 39.9 Å². The molecule has 0 bridgehead atoms. The third-order valence-corrected chi connectivity index (χ3v) is 7.45. The number of carboxylic acid groups (broad SMARTS) is 1. The lowest BCUT2D eigenvalue weighted by molar-refractivity contribution is -0.141. The fraction of sp³-hybridized carbons (Fsp3) is 0.143. The van der Waals surface area contributed by atoms with Gasteiger partial charge in [-0.15, -0.1) is 0 Å². The SMILES string of the molecule is O=C(O)CCC(=O)N1N=C(c2c(-c3ccccc3)c3cc(Cl)ccc3[nH]c2=O)CC1c1cccc(Cl)c1Cl. The highest BCUT2D eigenvalue weighted by Gasteiger charge is 2.36. The summed E-state index contributed by atoms with van der Waals surface area (Å²) >= 11 is 19.1. The van der Waals surface area contributed by atoms with Crippen LogP contribution in [0.2, 0.25) is 15.1 Å². The summed E-state index contributed by atoms with van der Waals surface area (Å²) in [7, 11) is 0. The molecule has 1 aromatic heterocycles. The first-order chi connectivity index (χ1) is 18.2. The van der Waals surface area contributed by atoms with E-state index in [-0.39, 0.29) is 29.8 Å². The van der Waals surface area contributed by atoms with Crippen molar-refractivity contribution in [2.24, 2.45) is 5.10 Å². The van der Waals surface area contributed by atoms with Gasteiger partial charge in [0, 0.05) is 34.3 Å². The number of hydrazone groups is 1. The maximum atomic E-state index is 13.6. The molecule has 7 nitrogen and oxygen atoms in total. The van der Waals surface area contributed by atoms with Crippen LogP contribution in [0.4, 0.5) is 0 Å². The molecule has 3 aromatic carbocycles. The number of hydrogen-bond acceptors (Lipinski definition) is 4. The lowest BCUT2D eigenvalue weighted by Crippen LogP contribution is -2.27. The first kappa shape index (κ1) is 26.0. The Morgan fingerprint density at radius 1 is 0.974 bits per heavy atom. The quantitative estimate of drug-likeness (QED) is 0.270. The van der Waals surface area contributed by atoms with Crippen LogP contribution in [0.25, 0.3) is 22.0 Å². The van der Waals surface area contributed by atoms with Gasteiger partial charge >= 0.3 is 5.97 Å². The Bertz CT molecular complexity index is 1670. The summed E-state index contributed by atoms with van der Waals surface area (Å²) in [5, 5.41) is 16.7. The molecule has 0 radical (unpaired) electrons. The summed E-state index contributed by atoms with van der Waals surface area (Å²) in [6, 6.07) is 19.0. The number of rotatable bonds is 6. The predicted octanol–water partition coefficient (Wildman–Crippen LogP) is 6.70. The standard InChI is InChI=1S/C28H20Cl3N3O4/c29-16-9-10-20-18(13-16)25(15-5-2-1-3-6-15)26(28(38)32-20)21-14-22(17-7-4-8-19(30)27(17)31)34(33-21)23(35)11-12-24(36)37/h1-10,13,22H,11-12,14H2,(H,32,38)(H,36,37). The van der Waals surface area contributed by atoms with Gasteiger partial charge in [0.25, 0.3) is 5.56 Å². The van der Waals surface area contributed by atoms with Crippen molar-refractivity contribution in [3.8, 4) is 11.1 Å². The zero-order chi connectivity index (χ0) is 27.0. The van der Waals surface area contributed by atoms with Crippen molar-refractivity contribution in [2.75, 3.05) is 0 Å². The number of nitrogens with zero attached hydrogens (tertiary/aromatic N) is 2. The van der Waals surface area contributed by atoms with Crippen molar-refractivity contribution in [3.63, 3.8) is 0 Å². The molecule has 38 heavy (non-hydrogen) atoms. The molecule has 1 unspecified atom stereocenters. The molecule has 10 heteroatoms. The molecule has 2 N–H and O–H groups in total. The summed E-state index contributed by atoms with van der Waals surface area (Å²) in [6.45, 7) is 0. The normalized spacial score (nSPS) is 15.1. The predicted molar refractivity (Wildman–Crippen MR) is 149 cm³/mol. The third-order valence-electron chi connectivity index (χ3n) is 6.39. The number of nitrogens with one attached hydrogen (secondary N) is 1. The van der Waals surface area contributed by atoms with Crippen LogP contribution >= 0.6 is 34.8 Å². The number of benzene rings is 3. The second-order valence-corrected chi connectivity index (χ2v) is 10.0. The second-order valence-electron chi connectivity index (χ2n) is 8.80. The molecule has 0 aliphatic carbocycles. The number of carbonyl (C=O) groups is 2. The molecule has 0 fully saturated rings. The number of pyridine rings is 1. The van der Waals surface area contributed by atoms with Crippen LogP contribution in [0.1, 0.15) is 36.4 Å². The van der Waals surface area contributed by atoms with Gasteiger partial charge in [0.05, 0.1) is 33.8 Å². The van der Waals surface area contributed by atoms with Gasteiger partial charge in [-0.2, -0.15) is 5.10 Å². The number of aliphatic carboxylic acids is 1. The van der Waals surface area contributed by atoms with E-state index in [0.717, 1.165) is 5.56 Å². The largest absolute Gasteiger partial charge is 0.481 e. The van der Waals surface area contributed by atoms with E-state index in [2.05, 4.69) is 10.1 Å². The zero-order valence-electron chi connectivity index (χ0n) is 19.7. The van der Waals surface area contributed by atoms with E-state index in [1.165, 1.54) is 5.01 Å². The van der Waals surface area contributed by atoms with Gasteiger partial charge in [-0.1, -0.05) is 77.3 Å². The smallest absolute Gasteiger partial charge is 0.303 e. The number of aromatic nitrogens is 1. The Kier molecular flexibility index (Phi) is 7.25. The molecule has 192 valence electrons. The molecular weight excluding hydrogens is 549 g/mol. The summed E-state index contributed by atoms with van der Waals surface area (Å²) in [5.74, 6) is -1.61. The van der Waals surface area contributed by atoms with Gasteiger partial charge in [0.1, 0.15) is 0 Å². The van der Waals surface area contributed by atoms with Crippen molar-refractivity contribution >= 4 is 63.3 Å². The van der Waals surface area contributed by atoms with Crippen molar-refractivity contribution in [3.05, 3.63) is 103 Å². The Morgan fingerprint density at radius 3 is 2.47 bits per heavy atom. The molecule has 0 saturated heterocycles. The average molecular weight is 569 g/mol. The van der Waals surface area contributed by atoms with E-state index in [1.54, 1.807) is 36.4 Å². The minimum atomic E-state index is -1.10. The molecule has 2 heterocycles. The summed E-state index contributed by atoms with van der Waals surface area (Å²) in [6.07, 6.45) is -0.468. The van der Waals surface area contributed by atoms with Crippen molar-refractivity contribution < 1.29 is 14.7 Å². The van der Waals surface area contributed by atoms with Crippen LogP contribution < -0.4 is 5.56 Å². The molecule has 1 aliphatic heterocycles. The van der Waals surface area contributed by atoms with E-state index >= 15 is 0 Å². The van der Waals surface area contributed by atoms with Gasteiger partial charge in [0.15, 0.2) is 0 Å². The van der Waals surface area contributed by atoms with Crippen LogP contribution in [-0.2, 0) is 9.59 Å². The van der Waals surface area contributed by atoms with Crippen molar-refractivity contribution in [2.45, 2.75) is 25.3 Å². The van der Waals surface area contributed by atoms with E-state index in [9.17, 15) is 14.4 Å². The number of fused-ring (bicyclic) bond motifs is 1. The Hall–Kier alpha value is -3.65. The highest BCUT2D eigenvalue weighted by Crippen LogP contribution is 2.41. The van der Waals surface area contributed by atoms with Gasteiger partial charge in [-0.3, -0.25) is 14.4 Å². The number of carbonyl (C=O) groups excluding carboxylic acids is 1. The van der Waals surface area contributed by atoms with E-state index in [0.29, 0.717) is 43.4 Å². The minimum Gasteiger partial charge on any atom is -0.481 e. The molecule has 1 amide bonds. The topological polar surface area (TPSA) is 103 Å². The molecule has 1 atom stereocenters. The summed E-state index contributed by atoms with van der Waals surface area (Å²) in [4.78, 5) is 40.8. The third kappa shape index (κ3) is 4.92. The molecular formula is C28H20Cl3N3O4. The fourth-order valence-corrected chi connectivity index (χ4v) is 5.29. The number of amides is 1. The Labute approximate surface area is 232 Å². The van der Waals surface area contributed by atoms with E-state index < -0.39 is 17.9 Å². The lowest BCUT2D eigenvalue weighted by Gasteiger charge is -2.23. The van der Waals surface area contributed by atoms with Crippen molar-refractivity contribution in [1.29, 1.82) is 0 Å². The molecule has 5 rings (SSSR count). The monoisotopic (exact) mass is 567 g/mol. The van der Waals surface area contributed by atoms with Crippen LogP contribution in [0.5, 0.6) is 0 Å². The molecule has 0 saturated carbocycles. The number of halogens is 3. The zero-order valence-corrected chi connectivity index (χ0v) is 22.0. The summed E-state index contributed by atoms with van der Waals surface area (Å²) in [5.41, 5.74) is 2.82. The second kappa shape index (κ2) is 10.6. The first-order valence-corrected chi connectivity index (χ1v) is 12.8. The van der Waals surface area contributed by atoms with Crippen molar-refractivity contribution in [1.82, 2.24) is 9.99 Å². The van der Waals surface area contributed by atoms with Crippen LogP contribution in [-0.4, -0.2) is 32.7 Å². The minimum absolute atomic E-state index is 0.161. The number of aromatic amines is 1. The van der Waals surface area contributed by atoms with Gasteiger partial charge in [-0.25, -0.2) is 5.01 Å². The van der Waals surface area contributed by atoms with Gasteiger partial charge < -0.3 is 10.1 Å². The fourth-order valence-electron chi connectivity index (χ4n) is 4.69. The van der Waals surface area contributed by atoms with Gasteiger partial charge in [-0.05, 0) is 35.4 Å². The Morgan fingerprint density at radius 2 is 1.74 bits per heavy atom. The molecule has 1 aliphatic rings. The molecule has 4 aromatic rings. The Balaban J connectivity index is 1.72. The molecule has 0 spiro atoms. The van der Waals surface area contributed by atoms with E-state index in [1.807, 2.05) is 30.3 Å². The van der Waals surface area contributed by atoms with Crippen LogP contribution in [0.3, 0.4) is 0 Å². The average Bonchev–Trinajstić information content (AvgIpc) is 3.33. The maximum absolute atomic E-state index is 13.6. The first-order valence-electron chi connectivity index (χ1n) is 11.7. The maximum Gasteiger partial charge on any atom is 0.303 e. The number of hydrogen-bond donors (Lipinski definition) is 2. The summed E-state index contributed by atoms with van der Waals surface area (Å²) < 4.78 is 0. The van der Waals surface area contributed by atoms with Crippen LogP contribution in [0, 0.1) is 0 Å². The number of carboxylic acids is 1. The number of H-pyrrole nitrogens is 1.